The Morgan fingerprint density at radius 1 is 1.21 bits per heavy atom. The van der Waals surface area contributed by atoms with Gasteiger partial charge in [0.1, 0.15) is 5.25 Å². The number of fused-ring (bicyclic) bond motifs is 1. The predicted octanol–water partition coefficient (Wildman–Crippen LogP) is 6.43. The van der Waals surface area contributed by atoms with Gasteiger partial charge in [-0.05, 0) is 98.2 Å². The van der Waals surface area contributed by atoms with Gasteiger partial charge in [0.15, 0.2) is 18.2 Å². The zero-order chi connectivity index (χ0) is 25.1. The Morgan fingerprint density at radius 3 is 2.56 bits per heavy atom. The standard InChI is InChI=1S/C28H48O4SSi/c1-19(17-29)24-12-13-25-20(9-8-14-28(24,25)5)15-26-23-16-22(32-34(6,7)27(2,3)4)11-10-21(23)18-33(26,30)31/h15,19,22,24-26,29H,8-14,16-18H2,1-7H3/b20-15+/t19-,22+,24-,25-,26-,28-/m1/s1. The Bertz CT molecular complexity index is 957. The molecule has 0 radical (unpaired) electrons. The molecule has 4 rings (SSSR count). The summed E-state index contributed by atoms with van der Waals surface area (Å²) in [5, 5.41) is 9.55. The minimum absolute atomic E-state index is 0.145. The summed E-state index contributed by atoms with van der Waals surface area (Å²) in [7, 11) is -5.08. The molecule has 0 saturated heterocycles. The van der Waals surface area contributed by atoms with Gasteiger partial charge in [0.2, 0.25) is 0 Å². The van der Waals surface area contributed by atoms with Crippen LogP contribution in [0.4, 0.5) is 0 Å². The Labute approximate surface area is 209 Å². The van der Waals surface area contributed by atoms with E-state index >= 15 is 0 Å². The molecule has 6 atom stereocenters. The SMILES string of the molecule is C[C@H](CO)[C@H]1CC[C@@H]2/C(=C/[C@@H]3C4=C(CC[C@H](O[Si](C)(C)C(C)(C)C)C4)CS3(=O)=O)CCC[C@@]21C. The van der Waals surface area contributed by atoms with Crippen LogP contribution in [0.1, 0.15) is 86.0 Å². The van der Waals surface area contributed by atoms with Gasteiger partial charge < -0.3 is 9.53 Å². The molecule has 0 aromatic rings. The molecule has 0 aromatic carbocycles. The molecule has 1 N–H and O–H groups in total. The molecule has 1 aliphatic heterocycles. The van der Waals surface area contributed by atoms with Crippen LogP contribution in [0.25, 0.3) is 0 Å². The number of hydrogen-bond donors (Lipinski definition) is 1. The molecule has 1 heterocycles. The zero-order valence-electron chi connectivity index (χ0n) is 22.6. The van der Waals surface area contributed by atoms with Crippen molar-refractivity contribution in [2.75, 3.05) is 12.4 Å². The lowest BCUT2D eigenvalue weighted by Gasteiger charge is -2.44. The second-order valence-electron chi connectivity index (χ2n) is 13.6. The lowest BCUT2D eigenvalue weighted by atomic mass is 9.61. The number of hydrogen-bond acceptors (Lipinski definition) is 4. The highest BCUT2D eigenvalue weighted by molar-refractivity contribution is 7.92. The molecule has 0 spiro atoms. The molecule has 0 unspecified atom stereocenters. The van der Waals surface area contributed by atoms with Crippen molar-refractivity contribution in [3.05, 3.63) is 22.8 Å². The highest BCUT2D eigenvalue weighted by Crippen LogP contribution is 2.59. The van der Waals surface area contributed by atoms with Gasteiger partial charge in [0.05, 0.1) is 5.75 Å². The van der Waals surface area contributed by atoms with E-state index in [0.717, 1.165) is 50.5 Å². The summed E-state index contributed by atoms with van der Waals surface area (Å²) in [6, 6.07) is 0. The molecule has 3 aliphatic carbocycles. The van der Waals surface area contributed by atoms with Crippen molar-refractivity contribution in [3.63, 3.8) is 0 Å². The molecule has 194 valence electrons. The third-order valence-corrected chi connectivity index (χ3v) is 16.9. The molecule has 0 amide bonds. The van der Waals surface area contributed by atoms with E-state index in [9.17, 15) is 13.5 Å². The summed E-state index contributed by atoms with van der Waals surface area (Å²) in [4.78, 5) is 0. The van der Waals surface area contributed by atoms with Gasteiger partial charge in [-0.3, -0.25) is 0 Å². The Morgan fingerprint density at radius 2 is 1.91 bits per heavy atom. The molecule has 0 bridgehead atoms. The first-order valence-electron chi connectivity index (χ1n) is 13.6. The van der Waals surface area contributed by atoms with Gasteiger partial charge in [0.25, 0.3) is 0 Å². The number of aliphatic hydroxyl groups excluding tert-OH is 1. The van der Waals surface area contributed by atoms with Crippen molar-refractivity contribution in [1.29, 1.82) is 0 Å². The van der Waals surface area contributed by atoms with Crippen LogP contribution in [0, 0.1) is 23.2 Å². The maximum atomic E-state index is 13.4. The maximum absolute atomic E-state index is 13.4. The molecule has 2 saturated carbocycles. The van der Waals surface area contributed by atoms with Gasteiger partial charge in [0, 0.05) is 12.7 Å². The Kier molecular flexibility index (Phi) is 7.16. The fourth-order valence-electron chi connectivity index (χ4n) is 7.45. The van der Waals surface area contributed by atoms with Crippen LogP contribution < -0.4 is 0 Å². The fraction of sp³-hybridized carbons (Fsp3) is 0.857. The molecule has 6 heteroatoms. The monoisotopic (exact) mass is 508 g/mol. The van der Waals surface area contributed by atoms with Crippen molar-refractivity contribution in [1.82, 2.24) is 0 Å². The quantitative estimate of drug-likeness (QED) is 0.343. The molecule has 34 heavy (non-hydrogen) atoms. The topological polar surface area (TPSA) is 63.6 Å². The van der Waals surface area contributed by atoms with E-state index in [-0.39, 0.29) is 28.9 Å². The summed E-state index contributed by atoms with van der Waals surface area (Å²) in [6.45, 7) is 16.2. The molecule has 2 fully saturated rings. The van der Waals surface area contributed by atoms with E-state index in [4.69, 9.17) is 4.43 Å². The average molecular weight is 509 g/mol. The normalized spacial score (nSPS) is 38.2. The summed E-state index contributed by atoms with van der Waals surface area (Å²) >= 11 is 0. The molecular weight excluding hydrogens is 460 g/mol. The second kappa shape index (κ2) is 9.15. The lowest BCUT2D eigenvalue weighted by molar-refractivity contribution is 0.0688. The van der Waals surface area contributed by atoms with Crippen LogP contribution in [-0.2, 0) is 14.3 Å². The molecular formula is C28H48O4SSi. The van der Waals surface area contributed by atoms with E-state index in [0.29, 0.717) is 17.8 Å². The van der Waals surface area contributed by atoms with Crippen molar-refractivity contribution < 1.29 is 18.0 Å². The van der Waals surface area contributed by atoms with Gasteiger partial charge in [-0.25, -0.2) is 8.42 Å². The minimum Gasteiger partial charge on any atom is -0.414 e. The van der Waals surface area contributed by atoms with Crippen LogP contribution in [0.15, 0.2) is 22.8 Å². The number of rotatable bonds is 5. The van der Waals surface area contributed by atoms with Crippen LogP contribution in [0.3, 0.4) is 0 Å². The highest BCUT2D eigenvalue weighted by atomic mass is 32.2. The smallest absolute Gasteiger partial charge is 0.192 e. The van der Waals surface area contributed by atoms with E-state index < -0.39 is 23.4 Å². The zero-order valence-corrected chi connectivity index (χ0v) is 24.4. The largest absolute Gasteiger partial charge is 0.414 e. The molecule has 4 nitrogen and oxygen atoms in total. The van der Waals surface area contributed by atoms with Crippen LogP contribution >= 0.6 is 0 Å². The van der Waals surface area contributed by atoms with Gasteiger partial charge >= 0.3 is 0 Å². The Balaban J connectivity index is 1.59. The highest BCUT2D eigenvalue weighted by Gasteiger charge is 2.51. The first-order chi connectivity index (χ1) is 15.7. The molecule has 4 aliphatic rings. The molecule has 0 aromatic heterocycles. The van der Waals surface area contributed by atoms with Crippen LogP contribution in [0.5, 0.6) is 0 Å². The first-order valence-corrected chi connectivity index (χ1v) is 18.2. The fourth-order valence-corrected chi connectivity index (χ4v) is 10.9. The third kappa shape index (κ3) is 4.66. The average Bonchev–Trinajstić information content (AvgIpc) is 3.20. The summed E-state index contributed by atoms with van der Waals surface area (Å²) in [5.74, 6) is 1.54. The minimum atomic E-state index is -3.18. The van der Waals surface area contributed by atoms with E-state index in [2.05, 4.69) is 53.8 Å². The first kappa shape index (κ1) is 26.6. The Hall–Kier alpha value is -0.433. The van der Waals surface area contributed by atoms with Gasteiger partial charge in [-0.1, -0.05) is 51.8 Å². The van der Waals surface area contributed by atoms with Gasteiger partial charge in [-0.15, -0.1) is 0 Å². The second-order valence-corrected chi connectivity index (χ2v) is 20.5. The lowest BCUT2D eigenvalue weighted by Crippen LogP contribution is -2.44. The summed E-state index contributed by atoms with van der Waals surface area (Å²) in [5.41, 5.74) is 3.91. The van der Waals surface area contributed by atoms with E-state index in [1.54, 1.807) is 0 Å². The van der Waals surface area contributed by atoms with Crippen molar-refractivity contribution in [2.45, 2.75) is 115 Å². The van der Waals surface area contributed by atoms with E-state index in [1.807, 2.05) is 0 Å². The maximum Gasteiger partial charge on any atom is 0.192 e. The summed E-state index contributed by atoms with van der Waals surface area (Å²) < 4.78 is 33.5. The van der Waals surface area contributed by atoms with E-state index in [1.165, 1.54) is 17.6 Å². The van der Waals surface area contributed by atoms with Crippen LogP contribution in [-0.4, -0.2) is 45.6 Å². The predicted molar refractivity (Wildman–Crippen MR) is 143 cm³/mol. The number of allylic oxidation sites excluding steroid dienone is 1. The van der Waals surface area contributed by atoms with Crippen molar-refractivity contribution in [3.8, 4) is 0 Å². The number of aliphatic hydroxyl groups is 1. The third-order valence-electron chi connectivity index (χ3n) is 10.4. The number of sulfone groups is 1. The summed E-state index contributed by atoms with van der Waals surface area (Å²) in [6.07, 6.45) is 10.6. The van der Waals surface area contributed by atoms with Crippen molar-refractivity contribution >= 4 is 18.2 Å². The van der Waals surface area contributed by atoms with Crippen molar-refractivity contribution in [2.24, 2.45) is 23.2 Å². The van der Waals surface area contributed by atoms with Crippen LogP contribution in [0.2, 0.25) is 18.1 Å². The van der Waals surface area contributed by atoms with Gasteiger partial charge in [-0.2, -0.15) is 0 Å².